The molecule has 0 aliphatic heterocycles. The second kappa shape index (κ2) is 6.93. The maximum atomic E-state index is 12.3. The lowest BCUT2D eigenvalue weighted by Crippen LogP contribution is -2.22. The SMILES string of the molecule is Cc1ccc(S(=O)(=O)N(C)C)cc1C(=O)OCc1ccccc1. The van der Waals surface area contributed by atoms with Crippen LogP contribution in [0.2, 0.25) is 0 Å². The third kappa shape index (κ3) is 3.97. The Bertz CT molecular complexity index is 799. The van der Waals surface area contributed by atoms with Crippen molar-refractivity contribution in [3.63, 3.8) is 0 Å². The molecule has 0 bridgehead atoms. The topological polar surface area (TPSA) is 63.7 Å². The van der Waals surface area contributed by atoms with Gasteiger partial charge in [-0.05, 0) is 30.2 Å². The molecule has 5 nitrogen and oxygen atoms in total. The van der Waals surface area contributed by atoms with Gasteiger partial charge in [-0.15, -0.1) is 0 Å². The summed E-state index contributed by atoms with van der Waals surface area (Å²) in [4.78, 5) is 12.3. The Balaban J connectivity index is 2.23. The van der Waals surface area contributed by atoms with Crippen molar-refractivity contribution < 1.29 is 17.9 Å². The van der Waals surface area contributed by atoms with Gasteiger partial charge in [-0.2, -0.15) is 0 Å². The minimum Gasteiger partial charge on any atom is -0.457 e. The van der Waals surface area contributed by atoms with Crippen molar-refractivity contribution in [3.05, 3.63) is 65.2 Å². The van der Waals surface area contributed by atoms with Crippen LogP contribution >= 0.6 is 0 Å². The minimum atomic E-state index is -3.59. The number of nitrogens with zero attached hydrogens (tertiary/aromatic N) is 1. The molecule has 0 saturated heterocycles. The lowest BCUT2D eigenvalue weighted by Gasteiger charge is -2.13. The van der Waals surface area contributed by atoms with E-state index in [1.807, 2.05) is 30.3 Å². The first-order chi connectivity index (χ1) is 10.8. The van der Waals surface area contributed by atoms with Gasteiger partial charge in [0.15, 0.2) is 0 Å². The molecule has 2 rings (SSSR count). The Hall–Kier alpha value is -2.18. The number of sulfonamides is 1. The largest absolute Gasteiger partial charge is 0.457 e. The van der Waals surface area contributed by atoms with E-state index in [0.717, 1.165) is 9.87 Å². The van der Waals surface area contributed by atoms with Crippen molar-refractivity contribution in [1.29, 1.82) is 0 Å². The summed E-state index contributed by atoms with van der Waals surface area (Å²) in [5.74, 6) is -0.540. The van der Waals surface area contributed by atoms with Crippen LogP contribution in [0.5, 0.6) is 0 Å². The molecular weight excluding hydrogens is 314 g/mol. The molecule has 0 atom stereocenters. The highest BCUT2D eigenvalue weighted by Crippen LogP contribution is 2.19. The van der Waals surface area contributed by atoms with Gasteiger partial charge in [-0.25, -0.2) is 17.5 Å². The number of carbonyl (C=O) groups excluding carboxylic acids is 1. The van der Waals surface area contributed by atoms with Crippen LogP contribution in [0.1, 0.15) is 21.5 Å². The van der Waals surface area contributed by atoms with Gasteiger partial charge < -0.3 is 4.74 Å². The molecule has 2 aromatic rings. The maximum absolute atomic E-state index is 12.3. The smallest absolute Gasteiger partial charge is 0.338 e. The summed E-state index contributed by atoms with van der Waals surface area (Å²) >= 11 is 0. The Morgan fingerprint density at radius 2 is 1.74 bits per heavy atom. The molecule has 0 heterocycles. The number of esters is 1. The first-order valence-electron chi connectivity index (χ1n) is 7.06. The predicted octanol–water partition coefficient (Wildman–Crippen LogP) is 2.60. The van der Waals surface area contributed by atoms with E-state index in [1.54, 1.807) is 13.0 Å². The summed E-state index contributed by atoms with van der Waals surface area (Å²) in [6.45, 7) is 1.88. The fraction of sp³-hybridized carbons (Fsp3) is 0.235. The van der Waals surface area contributed by atoms with Crippen molar-refractivity contribution in [2.75, 3.05) is 14.1 Å². The molecular formula is C17H19NO4S. The molecule has 0 unspecified atom stereocenters. The number of hydrogen-bond acceptors (Lipinski definition) is 4. The van der Waals surface area contributed by atoms with E-state index in [4.69, 9.17) is 4.74 Å². The minimum absolute atomic E-state index is 0.0692. The normalized spacial score (nSPS) is 11.5. The third-order valence-corrected chi connectivity index (χ3v) is 5.23. The summed E-state index contributed by atoms with van der Waals surface area (Å²) in [6, 6.07) is 13.8. The van der Waals surface area contributed by atoms with Gasteiger partial charge in [0.25, 0.3) is 0 Å². The van der Waals surface area contributed by atoms with E-state index in [9.17, 15) is 13.2 Å². The predicted molar refractivity (Wildman–Crippen MR) is 87.6 cm³/mol. The number of aryl methyl sites for hydroxylation is 1. The summed E-state index contributed by atoms with van der Waals surface area (Å²) in [7, 11) is -0.697. The van der Waals surface area contributed by atoms with E-state index >= 15 is 0 Å². The highest BCUT2D eigenvalue weighted by atomic mass is 32.2. The second-order valence-electron chi connectivity index (χ2n) is 5.33. The fourth-order valence-electron chi connectivity index (χ4n) is 1.99. The number of ether oxygens (including phenoxy) is 1. The van der Waals surface area contributed by atoms with Crippen molar-refractivity contribution in [2.45, 2.75) is 18.4 Å². The average Bonchev–Trinajstić information content (AvgIpc) is 2.53. The quantitative estimate of drug-likeness (QED) is 0.789. The Kier molecular flexibility index (Phi) is 5.18. The first-order valence-corrected chi connectivity index (χ1v) is 8.50. The lowest BCUT2D eigenvalue weighted by molar-refractivity contribution is 0.0471. The zero-order chi connectivity index (χ0) is 17.0. The molecule has 2 aromatic carbocycles. The van der Waals surface area contributed by atoms with E-state index < -0.39 is 16.0 Å². The van der Waals surface area contributed by atoms with Crippen LogP contribution in [0.3, 0.4) is 0 Å². The van der Waals surface area contributed by atoms with Crippen LogP contribution in [-0.4, -0.2) is 32.8 Å². The van der Waals surface area contributed by atoms with E-state index in [1.165, 1.54) is 26.2 Å². The molecule has 6 heteroatoms. The van der Waals surface area contributed by atoms with Gasteiger partial charge in [0.2, 0.25) is 10.0 Å². The molecule has 0 aliphatic carbocycles. The van der Waals surface area contributed by atoms with Gasteiger partial charge in [0.05, 0.1) is 10.5 Å². The summed E-state index contributed by atoms with van der Waals surface area (Å²) in [6.07, 6.45) is 0. The van der Waals surface area contributed by atoms with Crippen LogP contribution in [-0.2, 0) is 21.4 Å². The van der Waals surface area contributed by atoms with Crippen molar-refractivity contribution in [1.82, 2.24) is 4.31 Å². The van der Waals surface area contributed by atoms with E-state index in [0.29, 0.717) is 5.56 Å². The number of hydrogen-bond donors (Lipinski definition) is 0. The van der Waals surface area contributed by atoms with Crippen molar-refractivity contribution in [2.24, 2.45) is 0 Å². The monoisotopic (exact) mass is 333 g/mol. The fourth-order valence-corrected chi connectivity index (χ4v) is 2.92. The Morgan fingerprint density at radius 3 is 2.35 bits per heavy atom. The van der Waals surface area contributed by atoms with Gasteiger partial charge in [0.1, 0.15) is 6.61 Å². The highest BCUT2D eigenvalue weighted by Gasteiger charge is 2.20. The first kappa shape index (κ1) is 17.2. The van der Waals surface area contributed by atoms with Gasteiger partial charge >= 0.3 is 5.97 Å². The number of benzene rings is 2. The zero-order valence-electron chi connectivity index (χ0n) is 13.3. The van der Waals surface area contributed by atoms with Crippen molar-refractivity contribution >= 4 is 16.0 Å². The molecule has 0 fully saturated rings. The maximum Gasteiger partial charge on any atom is 0.338 e. The Labute approximate surface area is 136 Å². The number of rotatable bonds is 5. The van der Waals surface area contributed by atoms with Crippen LogP contribution in [0.25, 0.3) is 0 Å². The molecule has 0 N–H and O–H groups in total. The molecule has 0 saturated carbocycles. The molecule has 0 aliphatic rings. The molecule has 23 heavy (non-hydrogen) atoms. The highest BCUT2D eigenvalue weighted by molar-refractivity contribution is 7.89. The van der Waals surface area contributed by atoms with Crippen LogP contribution < -0.4 is 0 Å². The number of carbonyl (C=O) groups is 1. The zero-order valence-corrected chi connectivity index (χ0v) is 14.1. The van der Waals surface area contributed by atoms with Crippen molar-refractivity contribution in [3.8, 4) is 0 Å². The third-order valence-electron chi connectivity index (χ3n) is 3.42. The van der Waals surface area contributed by atoms with Gasteiger partial charge in [-0.1, -0.05) is 36.4 Å². The lowest BCUT2D eigenvalue weighted by atomic mass is 10.1. The standard InChI is InChI=1S/C17H19NO4S/c1-13-9-10-15(23(20,21)18(2)3)11-16(13)17(19)22-12-14-7-5-4-6-8-14/h4-11H,12H2,1-3H3. The van der Waals surface area contributed by atoms with Crippen LogP contribution in [0.4, 0.5) is 0 Å². The van der Waals surface area contributed by atoms with Gasteiger partial charge in [0, 0.05) is 14.1 Å². The molecule has 0 amide bonds. The van der Waals surface area contributed by atoms with Crippen LogP contribution in [0.15, 0.2) is 53.4 Å². The summed E-state index contributed by atoms with van der Waals surface area (Å²) < 4.78 is 30.7. The summed E-state index contributed by atoms with van der Waals surface area (Å²) in [5.41, 5.74) is 1.79. The molecule has 0 radical (unpaired) electrons. The molecule has 0 aromatic heterocycles. The van der Waals surface area contributed by atoms with Gasteiger partial charge in [-0.3, -0.25) is 0 Å². The van der Waals surface area contributed by atoms with Crippen LogP contribution in [0, 0.1) is 6.92 Å². The summed E-state index contributed by atoms with van der Waals surface area (Å²) in [5, 5.41) is 0. The average molecular weight is 333 g/mol. The molecule has 122 valence electrons. The molecule has 0 spiro atoms. The second-order valence-corrected chi connectivity index (χ2v) is 7.48. The Morgan fingerprint density at radius 1 is 1.09 bits per heavy atom. The van der Waals surface area contributed by atoms with E-state index in [-0.39, 0.29) is 17.1 Å². The van der Waals surface area contributed by atoms with E-state index in [2.05, 4.69) is 0 Å².